The summed E-state index contributed by atoms with van der Waals surface area (Å²) in [5.41, 5.74) is 1.28. The third kappa shape index (κ3) is 5.08. The van der Waals surface area contributed by atoms with Crippen LogP contribution in [0.1, 0.15) is 28.8 Å². The second-order valence-electron chi connectivity index (χ2n) is 7.16. The van der Waals surface area contributed by atoms with Gasteiger partial charge in [0.1, 0.15) is 25.0 Å². The highest BCUT2D eigenvalue weighted by Gasteiger charge is 2.45. The van der Waals surface area contributed by atoms with Crippen molar-refractivity contribution in [3.8, 4) is 0 Å². The molecule has 2 fully saturated rings. The summed E-state index contributed by atoms with van der Waals surface area (Å²) in [6.45, 7) is 0.534. The van der Waals surface area contributed by atoms with Crippen molar-refractivity contribution in [3.05, 3.63) is 60.1 Å². The normalized spacial score (nSPS) is 21.1. The van der Waals surface area contributed by atoms with Crippen molar-refractivity contribution < 1.29 is 23.5 Å². The Morgan fingerprint density at radius 1 is 1.17 bits per heavy atom. The summed E-state index contributed by atoms with van der Waals surface area (Å²) >= 11 is 0. The number of carbonyl (C=O) groups excluding carboxylic acids is 3. The van der Waals surface area contributed by atoms with E-state index < -0.39 is 12.1 Å². The minimum absolute atomic E-state index is 0. The Kier molecular flexibility index (Phi) is 8.57. The van der Waals surface area contributed by atoms with E-state index in [2.05, 4.69) is 5.32 Å². The van der Waals surface area contributed by atoms with Gasteiger partial charge in [-0.3, -0.25) is 14.4 Å². The summed E-state index contributed by atoms with van der Waals surface area (Å²) in [4.78, 5) is 39.8. The Morgan fingerprint density at radius 2 is 1.93 bits per heavy atom. The number of amides is 2. The summed E-state index contributed by atoms with van der Waals surface area (Å²) < 4.78 is 10.5. The molecule has 1 N–H and O–H groups in total. The zero-order valence-electron chi connectivity index (χ0n) is 16.4. The number of carbonyl (C=O) groups is 3. The molecule has 0 bridgehead atoms. The van der Waals surface area contributed by atoms with Crippen LogP contribution in [-0.4, -0.2) is 53.8 Å². The lowest BCUT2D eigenvalue weighted by molar-refractivity contribution is -0.142. The molecule has 1 aromatic carbocycles. The maximum absolute atomic E-state index is 13.4. The maximum Gasteiger partial charge on any atom is 0.255 e. The molecule has 2 aliphatic rings. The van der Waals surface area contributed by atoms with Crippen LogP contribution in [-0.2, 0) is 20.7 Å². The largest absolute Gasteiger partial charge is 0.472 e. The van der Waals surface area contributed by atoms with Crippen LogP contribution in [0.2, 0.25) is 0 Å². The van der Waals surface area contributed by atoms with Gasteiger partial charge in [0.2, 0.25) is 5.91 Å². The lowest BCUT2D eigenvalue weighted by Gasteiger charge is -2.37. The van der Waals surface area contributed by atoms with Gasteiger partial charge >= 0.3 is 0 Å². The standard InChI is InChI=1S/C21H22N2O5.2H2S/c24-17-13-28-18-7-4-9-23(19(17)18)21(26)16(11-14-5-2-1-3-6-14)22-20(25)15-8-10-27-12-15;;/h1-3,5-6,8,10,12,16,18-19H,4,7,9,11,13H2,(H,22,25);2*1H2/t16-,18+,19+;;/m0../s1. The third-order valence-electron chi connectivity index (χ3n) is 5.30. The van der Waals surface area contributed by atoms with E-state index in [1.165, 1.54) is 12.5 Å². The molecule has 2 aromatic rings. The third-order valence-corrected chi connectivity index (χ3v) is 5.30. The van der Waals surface area contributed by atoms with E-state index in [-0.39, 0.29) is 57.3 Å². The molecule has 3 atom stereocenters. The molecule has 9 heteroatoms. The molecule has 30 heavy (non-hydrogen) atoms. The number of ether oxygens (including phenoxy) is 1. The second-order valence-corrected chi connectivity index (χ2v) is 7.16. The van der Waals surface area contributed by atoms with Gasteiger partial charge in [-0.25, -0.2) is 0 Å². The van der Waals surface area contributed by atoms with Crippen molar-refractivity contribution in [1.29, 1.82) is 0 Å². The van der Waals surface area contributed by atoms with E-state index in [1.54, 1.807) is 11.0 Å². The number of rotatable bonds is 5. The first-order chi connectivity index (χ1) is 13.6. The predicted molar refractivity (Wildman–Crippen MR) is 120 cm³/mol. The molecular formula is C21H26N2O5S2. The number of benzene rings is 1. The van der Waals surface area contributed by atoms with Crippen LogP contribution in [0.25, 0.3) is 0 Å². The maximum atomic E-state index is 13.4. The average molecular weight is 451 g/mol. The molecule has 162 valence electrons. The fraction of sp³-hybridized carbons (Fsp3) is 0.381. The van der Waals surface area contributed by atoms with Gasteiger partial charge in [0.15, 0.2) is 5.78 Å². The summed E-state index contributed by atoms with van der Waals surface area (Å²) in [5, 5.41) is 2.82. The number of ketones is 1. The smallest absolute Gasteiger partial charge is 0.255 e. The molecular weight excluding hydrogens is 424 g/mol. The molecule has 4 rings (SSSR count). The van der Waals surface area contributed by atoms with Crippen molar-refractivity contribution in [2.45, 2.75) is 37.5 Å². The molecule has 0 radical (unpaired) electrons. The van der Waals surface area contributed by atoms with Crippen molar-refractivity contribution in [2.75, 3.05) is 13.2 Å². The highest BCUT2D eigenvalue weighted by Crippen LogP contribution is 2.27. The Morgan fingerprint density at radius 3 is 2.63 bits per heavy atom. The van der Waals surface area contributed by atoms with Gasteiger partial charge in [0.25, 0.3) is 5.91 Å². The highest BCUT2D eigenvalue weighted by atomic mass is 32.1. The van der Waals surface area contributed by atoms with Gasteiger partial charge in [-0.1, -0.05) is 30.3 Å². The first-order valence-electron chi connectivity index (χ1n) is 9.45. The van der Waals surface area contributed by atoms with Crippen LogP contribution in [0, 0.1) is 0 Å². The predicted octanol–water partition coefficient (Wildman–Crippen LogP) is 1.81. The van der Waals surface area contributed by atoms with Gasteiger partial charge in [0.05, 0.1) is 17.9 Å². The zero-order valence-corrected chi connectivity index (χ0v) is 18.4. The number of fused-ring (bicyclic) bond motifs is 1. The number of piperidine rings is 1. The van der Waals surface area contributed by atoms with E-state index in [4.69, 9.17) is 9.15 Å². The van der Waals surface area contributed by atoms with Crippen LogP contribution in [0.5, 0.6) is 0 Å². The number of hydrogen-bond donors (Lipinski definition) is 1. The highest BCUT2D eigenvalue weighted by molar-refractivity contribution is 7.59. The minimum atomic E-state index is -0.781. The van der Waals surface area contributed by atoms with Gasteiger partial charge in [-0.2, -0.15) is 27.0 Å². The SMILES string of the molecule is O=C(N[C@@H](Cc1ccccc1)C(=O)N1CCC[C@H]2OCC(=O)[C@H]21)c1ccoc1.S.S. The summed E-state index contributed by atoms with van der Waals surface area (Å²) in [5.74, 6) is -0.711. The van der Waals surface area contributed by atoms with Gasteiger partial charge in [-0.05, 0) is 24.5 Å². The number of Topliss-reactive ketones (excluding diaryl/α,β-unsaturated/α-hetero) is 1. The molecule has 3 heterocycles. The van der Waals surface area contributed by atoms with Crippen molar-refractivity contribution in [3.63, 3.8) is 0 Å². The first-order valence-corrected chi connectivity index (χ1v) is 9.45. The molecule has 0 unspecified atom stereocenters. The van der Waals surface area contributed by atoms with E-state index >= 15 is 0 Å². The zero-order chi connectivity index (χ0) is 19.5. The quantitative estimate of drug-likeness (QED) is 0.751. The minimum Gasteiger partial charge on any atom is -0.472 e. The van der Waals surface area contributed by atoms with Crippen molar-refractivity contribution in [2.24, 2.45) is 0 Å². The van der Waals surface area contributed by atoms with Gasteiger partial charge in [-0.15, -0.1) is 0 Å². The van der Waals surface area contributed by atoms with Gasteiger partial charge in [0, 0.05) is 13.0 Å². The fourth-order valence-electron chi connectivity index (χ4n) is 3.92. The molecule has 2 saturated heterocycles. The average Bonchev–Trinajstić information content (AvgIpc) is 3.38. The molecule has 7 nitrogen and oxygen atoms in total. The molecule has 0 aliphatic carbocycles. The van der Waals surface area contributed by atoms with E-state index in [1.807, 2.05) is 30.3 Å². The Bertz CT molecular complexity index is 860. The van der Waals surface area contributed by atoms with Crippen molar-refractivity contribution in [1.82, 2.24) is 10.2 Å². The fourth-order valence-corrected chi connectivity index (χ4v) is 3.92. The number of furan rings is 1. The molecule has 2 amide bonds. The summed E-state index contributed by atoms with van der Waals surface area (Å²) in [7, 11) is 0. The number of nitrogens with one attached hydrogen (secondary N) is 1. The number of hydrogen-bond acceptors (Lipinski definition) is 5. The monoisotopic (exact) mass is 450 g/mol. The molecule has 2 aliphatic heterocycles. The Balaban J connectivity index is 0.00000160. The molecule has 1 aromatic heterocycles. The topological polar surface area (TPSA) is 88.9 Å². The van der Waals surface area contributed by atoms with Gasteiger partial charge < -0.3 is 19.4 Å². The van der Waals surface area contributed by atoms with Crippen LogP contribution >= 0.6 is 27.0 Å². The van der Waals surface area contributed by atoms with E-state index in [0.29, 0.717) is 18.5 Å². The second kappa shape index (κ2) is 10.7. The first kappa shape index (κ1) is 24.0. The van der Waals surface area contributed by atoms with Crippen molar-refractivity contribution >= 4 is 44.6 Å². The molecule has 0 saturated carbocycles. The van der Waals surface area contributed by atoms with Crippen LogP contribution in [0.3, 0.4) is 0 Å². The number of likely N-dealkylation sites (tertiary alicyclic amines) is 1. The summed E-state index contributed by atoms with van der Waals surface area (Å²) in [6.07, 6.45) is 4.38. The van der Waals surface area contributed by atoms with E-state index in [9.17, 15) is 14.4 Å². The lowest BCUT2D eigenvalue weighted by atomic mass is 9.95. The Labute approximate surface area is 189 Å². The Hall–Kier alpha value is -2.23. The van der Waals surface area contributed by atoms with Crippen LogP contribution < -0.4 is 5.32 Å². The van der Waals surface area contributed by atoms with E-state index in [0.717, 1.165) is 18.4 Å². The number of nitrogens with zero attached hydrogens (tertiary/aromatic N) is 1. The van der Waals surface area contributed by atoms with Crippen LogP contribution in [0.15, 0.2) is 53.3 Å². The lowest BCUT2D eigenvalue weighted by Crippen LogP contribution is -2.58. The molecule has 0 spiro atoms. The van der Waals surface area contributed by atoms with Crippen LogP contribution in [0.4, 0.5) is 0 Å². The summed E-state index contributed by atoms with van der Waals surface area (Å²) in [6, 6.07) is 9.71.